The van der Waals surface area contributed by atoms with Crippen molar-refractivity contribution >= 4 is 22.5 Å². The van der Waals surface area contributed by atoms with Gasteiger partial charge in [0.1, 0.15) is 12.1 Å². The Labute approximate surface area is 109 Å². The fraction of sp³-hybridized carbons (Fsp3) is 0.0769. The molecule has 18 heavy (non-hydrogen) atoms. The third kappa shape index (κ3) is 1.71. The number of nitrogens with zero attached hydrogens (tertiary/aromatic N) is 2. The predicted octanol–water partition coefficient (Wildman–Crippen LogP) is 3.29. The van der Waals surface area contributed by atoms with Crippen molar-refractivity contribution in [3.8, 4) is 17.0 Å². The van der Waals surface area contributed by atoms with Gasteiger partial charge in [0.15, 0.2) is 0 Å². The van der Waals surface area contributed by atoms with E-state index in [-0.39, 0.29) is 0 Å². The number of benzene rings is 1. The van der Waals surface area contributed by atoms with E-state index in [0.717, 1.165) is 27.9 Å². The second-order valence-electron chi connectivity index (χ2n) is 3.83. The van der Waals surface area contributed by atoms with Gasteiger partial charge < -0.3 is 9.72 Å². The number of ether oxygens (including phenoxy) is 1. The summed E-state index contributed by atoms with van der Waals surface area (Å²) in [7, 11) is 1.65. The first-order chi connectivity index (χ1) is 8.79. The van der Waals surface area contributed by atoms with Crippen LogP contribution in [0.25, 0.3) is 22.2 Å². The Morgan fingerprint density at radius 1 is 1.33 bits per heavy atom. The largest absolute Gasteiger partial charge is 0.497 e. The van der Waals surface area contributed by atoms with Crippen molar-refractivity contribution in [3.63, 3.8) is 0 Å². The molecule has 0 aliphatic rings. The zero-order valence-corrected chi connectivity index (χ0v) is 10.4. The van der Waals surface area contributed by atoms with Crippen molar-refractivity contribution in [2.24, 2.45) is 0 Å². The highest BCUT2D eigenvalue weighted by atomic mass is 35.5. The maximum absolute atomic E-state index is 6.11. The summed E-state index contributed by atoms with van der Waals surface area (Å²) in [6.45, 7) is 0. The molecule has 0 bridgehead atoms. The van der Waals surface area contributed by atoms with Gasteiger partial charge in [0.25, 0.3) is 0 Å². The lowest BCUT2D eigenvalue weighted by molar-refractivity contribution is 0.415. The molecule has 0 aliphatic heterocycles. The molecule has 4 nitrogen and oxygen atoms in total. The average Bonchev–Trinajstić information content (AvgIpc) is 2.82. The topological polar surface area (TPSA) is 50.8 Å². The van der Waals surface area contributed by atoms with Gasteiger partial charge >= 0.3 is 0 Å². The molecular formula is C13H10ClN3O. The summed E-state index contributed by atoms with van der Waals surface area (Å²) < 4.78 is 5.19. The number of methoxy groups -OCH3 is 1. The zero-order valence-electron chi connectivity index (χ0n) is 9.64. The van der Waals surface area contributed by atoms with Crippen molar-refractivity contribution in [1.82, 2.24) is 15.0 Å². The van der Waals surface area contributed by atoms with Gasteiger partial charge in [0, 0.05) is 34.9 Å². The predicted molar refractivity (Wildman–Crippen MR) is 70.9 cm³/mol. The fourth-order valence-corrected chi connectivity index (χ4v) is 2.15. The molecule has 0 amide bonds. The van der Waals surface area contributed by atoms with E-state index in [0.29, 0.717) is 5.02 Å². The Bertz CT molecular complexity index is 708. The van der Waals surface area contributed by atoms with E-state index >= 15 is 0 Å². The number of aromatic nitrogens is 3. The molecule has 0 radical (unpaired) electrons. The van der Waals surface area contributed by atoms with Gasteiger partial charge in [-0.1, -0.05) is 11.6 Å². The number of hydrogen-bond acceptors (Lipinski definition) is 3. The molecule has 5 heteroatoms. The Hall–Kier alpha value is -2.07. The third-order valence-electron chi connectivity index (χ3n) is 2.81. The van der Waals surface area contributed by atoms with Crippen LogP contribution < -0.4 is 4.74 Å². The Kier molecular flexibility index (Phi) is 2.64. The molecule has 0 aliphatic carbocycles. The van der Waals surface area contributed by atoms with E-state index in [1.165, 1.54) is 6.33 Å². The standard InChI is InChI=1S/C13H10ClN3O/c1-18-8-2-3-9-10(5-16-12(9)4-8)13-11(14)6-15-7-17-13/h2-7,16H,1H3. The second-order valence-corrected chi connectivity index (χ2v) is 4.24. The monoisotopic (exact) mass is 259 g/mol. The van der Waals surface area contributed by atoms with E-state index in [1.54, 1.807) is 13.3 Å². The van der Waals surface area contributed by atoms with Crippen LogP contribution in [0.4, 0.5) is 0 Å². The van der Waals surface area contributed by atoms with Gasteiger partial charge in [0.2, 0.25) is 0 Å². The van der Waals surface area contributed by atoms with Gasteiger partial charge in [-0.2, -0.15) is 0 Å². The number of rotatable bonds is 2. The SMILES string of the molecule is COc1ccc2c(-c3ncncc3Cl)c[nH]c2c1. The molecule has 0 saturated heterocycles. The molecule has 90 valence electrons. The Balaban J connectivity index is 2.22. The minimum atomic E-state index is 0.536. The quantitative estimate of drug-likeness (QED) is 0.768. The maximum atomic E-state index is 6.11. The average molecular weight is 260 g/mol. The molecule has 2 heterocycles. The van der Waals surface area contributed by atoms with Gasteiger partial charge in [-0.15, -0.1) is 0 Å². The summed E-state index contributed by atoms with van der Waals surface area (Å²) in [5.74, 6) is 0.810. The summed E-state index contributed by atoms with van der Waals surface area (Å²) in [5, 5.41) is 1.59. The van der Waals surface area contributed by atoms with Crippen molar-refractivity contribution in [2.75, 3.05) is 7.11 Å². The van der Waals surface area contributed by atoms with Crippen LogP contribution in [0.1, 0.15) is 0 Å². The van der Waals surface area contributed by atoms with Crippen LogP contribution in [0.3, 0.4) is 0 Å². The van der Waals surface area contributed by atoms with Crippen LogP contribution in [-0.4, -0.2) is 22.1 Å². The van der Waals surface area contributed by atoms with E-state index in [4.69, 9.17) is 16.3 Å². The molecule has 3 rings (SSSR count). The number of fused-ring (bicyclic) bond motifs is 1. The molecule has 0 spiro atoms. The summed E-state index contributed by atoms with van der Waals surface area (Å²) >= 11 is 6.11. The first-order valence-electron chi connectivity index (χ1n) is 5.40. The van der Waals surface area contributed by atoms with Crippen LogP contribution in [0, 0.1) is 0 Å². The molecule has 0 fully saturated rings. The van der Waals surface area contributed by atoms with Crippen LogP contribution >= 0.6 is 11.6 Å². The first-order valence-corrected chi connectivity index (χ1v) is 5.78. The lowest BCUT2D eigenvalue weighted by atomic mass is 10.1. The fourth-order valence-electron chi connectivity index (χ4n) is 1.94. The molecule has 0 saturated carbocycles. The number of hydrogen-bond donors (Lipinski definition) is 1. The number of halogens is 1. The van der Waals surface area contributed by atoms with Crippen molar-refractivity contribution < 1.29 is 4.74 Å². The molecule has 1 aromatic carbocycles. The molecule has 0 unspecified atom stereocenters. The summed E-state index contributed by atoms with van der Waals surface area (Å²) in [5.41, 5.74) is 2.67. The molecule has 3 aromatic rings. The lowest BCUT2D eigenvalue weighted by Gasteiger charge is -2.02. The van der Waals surface area contributed by atoms with Gasteiger partial charge in [-0.25, -0.2) is 9.97 Å². The van der Waals surface area contributed by atoms with E-state index in [9.17, 15) is 0 Å². The molecule has 0 atom stereocenters. The van der Waals surface area contributed by atoms with E-state index in [1.807, 2.05) is 24.4 Å². The second kappa shape index (κ2) is 4.31. The van der Waals surface area contributed by atoms with Crippen LogP contribution in [0.2, 0.25) is 5.02 Å². The van der Waals surface area contributed by atoms with Crippen LogP contribution in [0.15, 0.2) is 36.9 Å². The molecule has 2 aromatic heterocycles. The molecular weight excluding hydrogens is 250 g/mol. The summed E-state index contributed by atoms with van der Waals surface area (Å²) in [6, 6.07) is 5.83. The van der Waals surface area contributed by atoms with Gasteiger partial charge in [-0.3, -0.25) is 0 Å². The van der Waals surface area contributed by atoms with Crippen LogP contribution in [-0.2, 0) is 0 Å². The minimum absolute atomic E-state index is 0.536. The van der Waals surface area contributed by atoms with E-state index in [2.05, 4.69) is 15.0 Å². The van der Waals surface area contributed by atoms with E-state index < -0.39 is 0 Å². The maximum Gasteiger partial charge on any atom is 0.120 e. The zero-order chi connectivity index (χ0) is 12.5. The highest BCUT2D eigenvalue weighted by Crippen LogP contribution is 2.32. The summed E-state index contributed by atoms with van der Waals surface area (Å²) in [6.07, 6.45) is 4.97. The highest BCUT2D eigenvalue weighted by molar-refractivity contribution is 6.33. The van der Waals surface area contributed by atoms with Gasteiger partial charge in [0.05, 0.1) is 17.8 Å². The lowest BCUT2D eigenvalue weighted by Crippen LogP contribution is -1.85. The van der Waals surface area contributed by atoms with Crippen molar-refractivity contribution in [2.45, 2.75) is 0 Å². The molecule has 1 N–H and O–H groups in total. The Morgan fingerprint density at radius 3 is 3.00 bits per heavy atom. The Morgan fingerprint density at radius 2 is 2.22 bits per heavy atom. The van der Waals surface area contributed by atoms with Crippen molar-refractivity contribution in [1.29, 1.82) is 0 Å². The van der Waals surface area contributed by atoms with Gasteiger partial charge in [-0.05, 0) is 12.1 Å². The third-order valence-corrected chi connectivity index (χ3v) is 3.09. The highest BCUT2D eigenvalue weighted by Gasteiger charge is 2.11. The minimum Gasteiger partial charge on any atom is -0.497 e. The number of H-pyrrole nitrogens is 1. The number of nitrogens with one attached hydrogen (secondary N) is 1. The van der Waals surface area contributed by atoms with Crippen molar-refractivity contribution in [3.05, 3.63) is 41.9 Å². The number of aromatic amines is 1. The summed E-state index contributed by atoms with van der Waals surface area (Å²) in [4.78, 5) is 11.3. The smallest absolute Gasteiger partial charge is 0.120 e. The normalized spacial score (nSPS) is 10.8. The van der Waals surface area contributed by atoms with Crippen LogP contribution in [0.5, 0.6) is 5.75 Å². The first kappa shape index (κ1) is 11.0.